The molecule has 0 saturated carbocycles. The number of fused-ring (bicyclic) bond motifs is 1. The van der Waals surface area contributed by atoms with Gasteiger partial charge in [-0.1, -0.05) is 32.8 Å². The zero-order valence-electron chi connectivity index (χ0n) is 16.0. The summed E-state index contributed by atoms with van der Waals surface area (Å²) < 4.78 is 5.74. The van der Waals surface area contributed by atoms with Crippen molar-refractivity contribution in [1.29, 1.82) is 5.26 Å². The minimum Gasteiger partial charge on any atom is -0.494 e. The number of unbranched alkanes of at least 4 members (excludes halogenated alkanes) is 2. The zero-order valence-corrected chi connectivity index (χ0v) is 16.8. The van der Waals surface area contributed by atoms with Crippen molar-refractivity contribution in [2.75, 3.05) is 11.9 Å². The van der Waals surface area contributed by atoms with Gasteiger partial charge in [0.1, 0.15) is 16.8 Å². The molecule has 1 amide bonds. The molecule has 142 valence electrons. The molecule has 0 saturated heterocycles. The van der Waals surface area contributed by atoms with Crippen LogP contribution in [0.1, 0.15) is 65.9 Å². The van der Waals surface area contributed by atoms with Crippen LogP contribution >= 0.6 is 11.3 Å². The number of carbonyl (C=O) groups excluding carboxylic acids is 1. The summed E-state index contributed by atoms with van der Waals surface area (Å²) in [5, 5.41) is 13.2. The number of ether oxygens (including phenoxy) is 1. The van der Waals surface area contributed by atoms with E-state index in [1.165, 1.54) is 4.88 Å². The molecule has 27 heavy (non-hydrogen) atoms. The predicted molar refractivity (Wildman–Crippen MR) is 110 cm³/mol. The van der Waals surface area contributed by atoms with Gasteiger partial charge in [-0.05, 0) is 55.4 Å². The van der Waals surface area contributed by atoms with Crippen molar-refractivity contribution >= 4 is 22.2 Å². The summed E-state index contributed by atoms with van der Waals surface area (Å²) >= 11 is 1.55. The number of thiophene rings is 1. The van der Waals surface area contributed by atoms with E-state index in [2.05, 4.69) is 25.2 Å². The summed E-state index contributed by atoms with van der Waals surface area (Å²) in [6, 6.07) is 9.54. The number of nitrogens with zero attached hydrogens (tertiary/aromatic N) is 1. The molecule has 0 aliphatic heterocycles. The average molecular weight is 383 g/mol. The van der Waals surface area contributed by atoms with Crippen LogP contribution in [0.15, 0.2) is 24.3 Å². The molecule has 1 aromatic heterocycles. The molecule has 2 aromatic rings. The van der Waals surface area contributed by atoms with Gasteiger partial charge in [0.15, 0.2) is 0 Å². The van der Waals surface area contributed by atoms with Gasteiger partial charge in [-0.2, -0.15) is 5.26 Å². The maximum absolute atomic E-state index is 12.7. The molecule has 1 aliphatic carbocycles. The van der Waals surface area contributed by atoms with Crippen molar-refractivity contribution in [3.05, 3.63) is 45.8 Å². The summed E-state index contributed by atoms with van der Waals surface area (Å²) in [4.78, 5) is 14.0. The third kappa shape index (κ3) is 4.70. The van der Waals surface area contributed by atoms with Crippen molar-refractivity contribution in [2.24, 2.45) is 5.92 Å². The van der Waals surface area contributed by atoms with Crippen LogP contribution in [-0.2, 0) is 12.8 Å². The normalized spacial score (nSPS) is 15.7. The number of carbonyl (C=O) groups is 1. The highest BCUT2D eigenvalue weighted by molar-refractivity contribution is 7.16. The van der Waals surface area contributed by atoms with Crippen molar-refractivity contribution in [2.45, 2.75) is 52.4 Å². The summed E-state index contributed by atoms with van der Waals surface area (Å²) in [5.74, 6) is 1.14. The standard InChI is InChI=1S/C22H26N2O2S/c1-3-4-5-11-26-17-8-6-7-16(13-17)21(25)24-22-19(14-23)18-10-9-15(2)12-20(18)27-22/h6-8,13,15H,3-5,9-12H2,1-2H3,(H,24,25)/t15-/m0/s1. The van der Waals surface area contributed by atoms with E-state index in [-0.39, 0.29) is 5.91 Å². The maximum Gasteiger partial charge on any atom is 0.256 e. The van der Waals surface area contributed by atoms with Gasteiger partial charge in [-0.25, -0.2) is 0 Å². The molecular formula is C22H26N2O2S. The lowest BCUT2D eigenvalue weighted by atomic mass is 9.88. The fourth-order valence-electron chi connectivity index (χ4n) is 3.40. The Labute approximate surface area is 165 Å². The highest BCUT2D eigenvalue weighted by Crippen LogP contribution is 2.39. The molecule has 5 heteroatoms. The first-order valence-corrected chi connectivity index (χ1v) is 10.5. The second kappa shape index (κ2) is 9.05. The smallest absolute Gasteiger partial charge is 0.256 e. The number of nitrogens with one attached hydrogen (secondary N) is 1. The van der Waals surface area contributed by atoms with Gasteiger partial charge in [0, 0.05) is 10.4 Å². The SMILES string of the molecule is CCCCCOc1cccc(C(=O)Nc2sc3c(c2C#N)CC[C@H](C)C3)c1. The van der Waals surface area contributed by atoms with Crippen LogP contribution in [0, 0.1) is 17.2 Å². The first-order valence-electron chi connectivity index (χ1n) is 9.71. The number of nitriles is 1. The van der Waals surface area contributed by atoms with Crippen LogP contribution in [0.3, 0.4) is 0 Å². The van der Waals surface area contributed by atoms with E-state index < -0.39 is 0 Å². The van der Waals surface area contributed by atoms with Gasteiger partial charge < -0.3 is 10.1 Å². The van der Waals surface area contributed by atoms with Crippen molar-refractivity contribution in [3.63, 3.8) is 0 Å². The number of amides is 1. The molecule has 4 nitrogen and oxygen atoms in total. The van der Waals surface area contributed by atoms with Gasteiger partial charge in [-0.3, -0.25) is 4.79 Å². The lowest BCUT2D eigenvalue weighted by Gasteiger charge is -2.17. The van der Waals surface area contributed by atoms with Crippen LogP contribution in [0.25, 0.3) is 0 Å². The zero-order chi connectivity index (χ0) is 19.2. The van der Waals surface area contributed by atoms with Gasteiger partial charge >= 0.3 is 0 Å². The minimum atomic E-state index is -0.197. The van der Waals surface area contributed by atoms with E-state index in [0.29, 0.717) is 34.4 Å². The number of hydrogen-bond donors (Lipinski definition) is 1. The van der Waals surface area contributed by atoms with E-state index in [4.69, 9.17) is 4.74 Å². The van der Waals surface area contributed by atoms with E-state index in [9.17, 15) is 10.1 Å². The average Bonchev–Trinajstić information content (AvgIpc) is 3.01. The molecule has 1 heterocycles. The fourth-order valence-corrected chi connectivity index (χ4v) is 4.76. The van der Waals surface area contributed by atoms with Crippen molar-refractivity contribution in [1.82, 2.24) is 0 Å². The van der Waals surface area contributed by atoms with E-state index in [1.807, 2.05) is 12.1 Å². The molecule has 1 aliphatic rings. The van der Waals surface area contributed by atoms with Crippen LogP contribution in [-0.4, -0.2) is 12.5 Å². The highest BCUT2D eigenvalue weighted by Gasteiger charge is 2.24. The Bertz CT molecular complexity index is 850. The molecular weight excluding hydrogens is 356 g/mol. The molecule has 1 atom stereocenters. The number of benzene rings is 1. The van der Waals surface area contributed by atoms with Crippen LogP contribution in [0.4, 0.5) is 5.00 Å². The minimum absolute atomic E-state index is 0.197. The number of hydrogen-bond acceptors (Lipinski definition) is 4. The third-order valence-electron chi connectivity index (χ3n) is 4.96. The Morgan fingerprint density at radius 1 is 1.41 bits per heavy atom. The summed E-state index contributed by atoms with van der Waals surface area (Å²) in [7, 11) is 0. The topological polar surface area (TPSA) is 62.1 Å². The van der Waals surface area contributed by atoms with Crippen molar-refractivity contribution < 1.29 is 9.53 Å². The monoisotopic (exact) mass is 382 g/mol. The van der Waals surface area contributed by atoms with Gasteiger partial charge in [-0.15, -0.1) is 11.3 Å². The Morgan fingerprint density at radius 3 is 3.04 bits per heavy atom. The Kier molecular flexibility index (Phi) is 6.52. The molecule has 0 spiro atoms. The number of anilines is 1. The molecule has 0 unspecified atom stereocenters. The largest absolute Gasteiger partial charge is 0.494 e. The van der Waals surface area contributed by atoms with Crippen LogP contribution < -0.4 is 10.1 Å². The van der Waals surface area contributed by atoms with E-state index in [1.54, 1.807) is 23.5 Å². The summed E-state index contributed by atoms with van der Waals surface area (Å²) in [6.45, 7) is 5.05. The fraction of sp³-hybridized carbons (Fsp3) is 0.455. The van der Waals surface area contributed by atoms with E-state index in [0.717, 1.165) is 44.1 Å². The Balaban J connectivity index is 1.72. The molecule has 0 radical (unpaired) electrons. The Morgan fingerprint density at radius 2 is 2.26 bits per heavy atom. The van der Waals surface area contributed by atoms with Gasteiger partial charge in [0.2, 0.25) is 0 Å². The lowest BCUT2D eigenvalue weighted by molar-refractivity contribution is 0.102. The summed E-state index contributed by atoms with van der Waals surface area (Å²) in [6.07, 6.45) is 6.31. The summed E-state index contributed by atoms with van der Waals surface area (Å²) in [5.41, 5.74) is 2.32. The first-order chi connectivity index (χ1) is 13.1. The highest BCUT2D eigenvalue weighted by atomic mass is 32.1. The van der Waals surface area contributed by atoms with Gasteiger partial charge in [0.25, 0.3) is 5.91 Å². The molecule has 0 fully saturated rings. The quantitative estimate of drug-likeness (QED) is 0.637. The molecule has 0 bridgehead atoms. The van der Waals surface area contributed by atoms with Crippen molar-refractivity contribution in [3.8, 4) is 11.8 Å². The van der Waals surface area contributed by atoms with Crippen LogP contribution in [0.5, 0.6) is 5.75 Å². The molecule has 1 N–H and O–H groups in total. The number of rotatable bonds is 7. The molecule has 1 aromatic carbocycles. The van der Waals surface area contributed by atoms with E-state index >= 15 is 0 Å². The third-order valence-corrected chi connectivity index (χ3v) is 6.13. The molecule has 3 rings (SSSR count). The predicted octanol–water partition coefficient (Wildman–Crippen LogP) is 5.57. The van der Waals surface area contributed by atoms with Crippen LogP contribution in [0.2, 0.25) is 0 Å². The maximum atomic E-state index is 12.7. The first kappa shape index (κ1) is 19.4. The second-order valence-electron chi connectivity index (χ2n) is 7.21. The lowest BCUT2D eigenvalue weighted by Crippen LogP contribution is -2.12. The Hall–Kier alpha value is -2.32. The second-order valence-corrected chi connectivity index (χ2v) is 8.31. The van der Waals surface area contributed by atoms with Gasteiger partial charge in [0.05, 0.1) is 12.2 Å².